The van der Waals surface area contributed by atoms with Crippen LogP contribution in [0.4, 0.5) is 17.1 Å². The van der Waals surface area contributed by atoms with Gasteiger partial charge in [0, 0.05) is 30.2 Å². The third kappa shape index (κ3) is 5.11. The molecule has 3 heterocycles. The SMILES string of the molecule is CCOc1ccc(NC(=O)[C@@H]2[C@H]3C(=O)N([C@@H](CC)CO)C(C(=O)Nc4ccc(N(CC)CC)cc4)C34CC[C@H]2O4)cc1. The molecule has 10 nitrogen and oxygen atoms in total. The molecule has 5 rings (SSSR count). The van der Waals surface area contributed by atoms with E-state index in [2.05, 4.69) is 29.4 Å². The highest BCUT2D eigenvalue weighted by atomic mass is 16.5. The summed E-state index contributed by atoms with van der Waals surface area (Å²) < 4.78 is 12.0. The third-order valence-electron chi connectivity index (χ3n) is 9.06. The molecule has 1 spiro atoms. The Hall–Kier alpha value is -3.63. The molecule has 10 heteroatoms. The number of rotatable bonds is 12. The Morgan fingerprint density at radius 3 is 2.21 bits per heavy atom. The number of nitrogens with zero attached hydrogens (tertiary/aromatic N) is 2. The van der Waals surface area contributed by atoms with Crippen molar-refractivity contribution in [2.75, 3.05) is 41.8 Å². The highest BCUT2D eigenvalue weighted by molar-refractivity contribution is 6.05. The number of benzene rings is 2. The Bertz CT molecular complexity index is 1280. The average molecular weight is 579 g/mol. The maximum atomic E-state index is 14.1. The van der Waals surface area contributed by atoms with Crippen LogP contribution in [0, 0.1) is 11.8 Å². The molecule has 0 aromatic heterocycles. The summed E-state index contributed by atoms with van der Waals surface area (Å²) in [7, 11) is 0. The fourth-order valence-electron chi connectivity index (χ4n) is 7.08. The van der Waals surface area contributed by atoms with E-state index in [0.717, 1.165) is 18.8 Å². The second-order valence-corrected chi connectivity index (χ2v) is 11.2. The highest BCUT2D eigenvalue weighted by Gasteiger charge is 2.75. The number of amides is 3. The standard InChI is InChI=1S/C32H42N4O6/c1-5-22(19-37)36-28(30(39)34-20-9-13-23(14-10-20)35(6-2)7-3)32-18-17-25(42-32)26(27(32)31(36)40)29(38)33-21-11-15-24(16-12-21)41-8-4/h9-16,22,25-28,37H,5-8,17-19H2,1-4H3,(H,33,38)(H,34,39)/t22-,25+,26-,27-,28?,32?/m0/s1. The second kappa shape index (κ2) is 12.3. The van der Waals surface area contributed by atoms with Crippen LogP contribution in [-0.2, 0) is 19.1 Å². The molecule has 3 aliphatic heterocycles. The molecule has 2 unspecified atom stereocenters. The number of likely N-dealkylation sites (tertiary alicyclic amines) is 1. The summed E-state index contributed by atoms with van der Waals surface area (Å²) in [5.41, 5.74) is 1.11. The number of nitrogens with one attached hydrogen (secondary N) is 2. The van der Waals surface area contributed by atoms with Gasteiger partial charge >= 0.3 is 0 Å². The maximum Gasteiger partial charge on any atom is 0.250 e. The van der Waals surface area contributed by atoms with E-state index in [1.807, 2.05) is 38.1 Å². The van der Waals surface area contributed by atoms with Crippen molar-refractivity contribution in [3.05, 3.63) is 48.5 Å². The van der Waals surface area contributed by atoms with Crippen molar-refractivity contribution in [1.82, 2.24) is 4.90 Å². The summed E-state index contributed by atoms with van der Waals surface area (Å²) in [5, 5.41) is 16.2. The molecule has 3 saturated heterocycles. The molecule has 3 amide bonds. The molecular formula is C32H42N4O6. The zero-order valence-electron chi connectivity index (χ0n) is 24.8. The molecule has 2 aromatic carbocycles. The predicted octanol–water partition coefficient (Wildman–Crippen LogP) is 3.65. The van der Waals surface area contributed by atoms with Crippen molar-refractivity contribution in [2.45, 2.75) is 70.7 Å². The van der Waals surface area contributed by atoms with Crippen LogP contribution in [0.5, 0.6) is 5.75 Å². The molecular weight excluding hydrogens is 536 g/mol. The van der Waals surface area contributed by atoms with Gasteiger partial charge < -0.3 is 35.0 Å². The van der Waals surface area contributed by atoms with Gasteiger partial charge in [-0.1, -0.05) is 6.92 Å². The maximum absolute atomic E-state index is 14.1. The van der Waals surface area contributed by atoms with Gasteiger partial charge in [0.05, 0.1) is 37.2 Å². The van der Waals surface area contributed by atoms with Gasteiger partial charge in [-0.25, -0.2) is 0 Å². The number of anilines is 3. The molecule has 226 valence electrons. The summed E-state index contributed by atoms with van der Waals surface area (Å²) in [4.78, 5) is 45.5. The summed E-state index contributed by atoms with van der Waals surface area (Å²) in [6.45, 7) is 9.95. The molecule has 0 radical (unpaired) electrons. The fourth-order valence-corrected chi connectivity index (χ4v) is 7.08. The van der Waals surface area contributed by atoms with E-state index in [4.69, 9.17) is 9.47 Å². The van der Waals surface area contributed by atoms with Crippen molar-refractivity contribution >= 4 is 34.8 Å². The molecule has 0 aliphatic carbocycles. The molecule has 0 saturated carbocycles. The van der Waals surface area contributed by atoms with Gasteiger partial charge in [0.15, 0.2) is 0 Å². The van der Waals surface area contributed by atoms with Gasteiger partial charge in [-0.15, -0.1) is 0 Å². The molecule has 6 atom stereocenters. The van der Waals surface area contributed by atoms with E-state index in [1.54, 1.807) is 24.3 Å². The Morgan fingerprint density at radius 1 is 1.02 bits per heavy atom. The lowest BCUT2D eigenvalue weighted by Crippen LogP contribution is -2.56. The van der Waals surface area contributed by atoms with E-state index in [0.29, 0.717) is 43.0 Å². The van der Waals surface area contributed by atoms with Crippen LogP contribution in [0.3, 0.4) is 0 Å². The lowest BCUT2D eigenvalue weighted by atomic mass is 9.70. The Labute approximate surface area is 247 Å². The predicted molar refractivity (Wildman–Crippen MR) is 160 cm³/mol. The van der Waals surface area contributed by atoms with E-state index in [1.165, 1.54) is 4.90 Å². The van der Waals surface area contributed by atoms with Crippen LogP contribution >= 0.6 is 0 Å². The number of aliphatic hydroxyl groups excluding tert-OH is 1. The van der Waals surface area contributed by atoms with E-state index < -0.39 is 35.6 Å². The zero-order chi connectivity index (χ0) is 30.0. The Kier molecular flexibility index (Phi) is 8.75. The first-order valence-corrected chi connectivity index (χ1v) is 15.1. The van der Waals surface area contributed by atoms with Crippen LogP contribution < -0.4 is 20.3 Å². The van der Waals surface area contributed by atoms with Gasteiger partial charge in [-0.2, -0.15) is 0 Å². The van der Waals surface area contributed by atoms with Gasteiger partial charge in [0.2, 0.25) is 17.7 Å². The van der Waals surface area contributed by atoms with Crippen LogP contribution in [0.25, 0.3) is 0 Å². The van der Waals surface area contributed by atoms with Gasteiger partial charge in [0.1, 0.15) is 17.4 Å². The number of carbonyl (C=O) groups is 3. The first kappa shape index (κ1) is 29.8. The summed E-state index contributed by atoms with van der Waals surface area (Å²) in [6, 6.07) is 13.2. The number of ether oxygens (including phenoxy) is 2. The molecule has 42 heavy (non-hydrogen) atoms. The van der Waals surface area contributed by atoms with E-state index >= 15 is 0 Å². The minimum Gasteiger partial charge on any atom is -0.494 e. The fraction of sp³-hybridized carbons (Fsp3) is 0.531. The number of aliphatic hydroxyl groups is 1. The normalized spacial score (nSPS) is 26.6. The first-order valence-electron chi connectivity index (χ1n) is 15.1. The summed E-state index contributed by atoms with van der Waals surface area (Å²) in [5.74, 6) is -1.87. The van der Waals surface area contributed by atoms with Crippen molar-refractivity contribution in [3.63, 3.8) is 0 Å². The number of carbonyl (C=O) groups excluding carboxylic acids is 3. The molecule has 2 aromatic rings. The largest absolute Gasteiger partial charge is 0.494 e. The first-order chi connectivity index (χ1) is 20.3. The number of hydrogen-bond acceptors (Lipinski definition) is 7. The molecule has 2 bridgehead atoms. The Morgan fingerprint density at radius 2 is 1.64 bits per heavy atom. The van der Waals surface area contributed by atoms with Crippen LogP contribution in [0.1, 0.15) is 47.0 Å². The second-order valence-electron chi connectivity index (χ2n) is 11.2. The number of fused-ring (bicyclic) bond motifs is 1. The quantitative estimate of drug-likeness (QED) is 0.352. The van der Waals surface area contributed by atoms with Gasteiger partial charge in [-0.05, 0) is 88.6 Å². The monoisotopic (exact) mass is 578 g/mol. The van der Waals surface area contributed by atoms with Crippen molar-refractivity contribution in [2.24, 2.45) is 11.8 Å². The van der Waals surface area contributed by atoms with Gasteiger partial charge in [-0.3, -0.25) is 14.4 Å². The molecule has 3 aliphatic rings. The Balaban J connectivity index is 1.41. The van der Waals surface area contributed by atoms with Crippen molar-refractivity contribution < 1.29 is 29.0 Å². The minimum atomic E-state index is -1.14. The molecule has 3 fully saturated rings. The van der Waals surface area contributed by atoms with Crippen molar-refractivity contribution in [1.29, 1.82) is 0 Å². The van der Waals surface area contributed by atoms with Crippen LogP contribution in [0.2, 0.25) is 0 Å². The lowest BCUT2D eigenvalue weighted by molar-refractivity contribution is -0.143. The van der Waals surface area contributed by atoms with Crippen molar-refractivity contribution in [3.8, 4) is 5.75 Å². The summed E-state index contributed by atoms with van der Waals surface area (Å²) >= 11 is 0. The van der Waals surface area contributed by atoms with Crippen LogP contribution in [0.15, 0.2) is 48.5 Å². The average Bonchev–Trinajstić information content (AvgIpc) is 3.64. The molecule has 3 N–H and O–H groups in total. The lowest BCUT2D eigenvalue weighted by Gasteiger charge is -2.36. The number of hydrogen-bond donors (Lipinski definition) is 3. The van der Waals surface area contributed by atoms with E-state index in [9.17, 15) is 19.5 Å². The van der Waals surface area contributed by atoms with Crippen LogP contribution in [-0.4, -0.2) is 77.8 Å². The topological polar surface area (TPSA) is 120 Å². The highest BCUT2D eigenvalue weighted by Crippen LogP contribution is 2.59. The summed E-state index contributed by atoms with van der Waals surface area (Å²) in [6.07, 6.45) is 1.04. The van der Waals surface area contributed by atoms with Gasteiger partial charge in [0.25, 0.3) is 0 Å². The zero-order valence-corrected chi connectivity index (χ0v) is 24.8. The smallest absolute Gasteiger partial charge is 0.250 e. The third-order valence-corrected chi connectivity index (χ3v) is 9.06. The minimum absolute atomic E-state index is 0.292. The van der Waals surface area contributed by atoms with E-state index in [-0.39, 0.29) is 24.3 Å².